The summed E-state index contributed by atoms with van der Waals surface area (Å²) in [5.74, 6) is -1.61. The lowest BCUT2D eigenvalue weighted by molar-refractivity contribution is -0.385. The second kappa shape index (κ2) is 5.54. The summed E-state index contributed by atoms with van der Waals surface area (Å²) in [6.45, 7) is 0.955. The quantitative estimate of drug-likeness (QED) is 0.648. The molecule has 1 aromatic carbocycles. The monoisotopic (exact) mass is 282 g/mol. The first-order valence-electron chi connectivity index (χ1n) is 6.31. The molecule has 0 amide bonds. The normalized spacial score (nSPS) is 22.4. The number of halogens is 1. The molecule has 7 heteroatoms. The number of hydrogen-bond donors (Lipinski definition) is 2. The topological polar surface area (TPSA) is 92.5 Å². The van der Waals surface area contributed by atoms with Gasteiger partial charge >= 0.3 is 5.97 Å². The molecule has 0 bridgehead atoms. The van der Waals surface area contributed by atoms with Crippen LogP contribution in [0.5, 0.6) is 0 Å². The van der Waals surface area contributed by atoms with Crippen LogP contribution in [0.3, 0.4) is 0 Å². The van der Waals surface area contributed by atoms with E-state index in [1.807, 2.05) is 0 Å². The molecule has 1 saturated heterocycles. The maximum atomic E-state index is 13.3. The van der Waals surface area contributed by atoms with Gasteiger partial charge in [-0.3, -0.25) is 14.9 Å². The molecule has 6 nitrogen and oxygen atoms in total. The van der Waals surface area contributed by atoms with Crippen LogP contribution >= 0.6 is 0 Å². The zero-order valence-corrected chi connectivity index (χ0v) is 10.8. The summed E-state index contributed by atoms with van der Waals surface area (Å²) in [4.78, 5) is 21.9. The predicted octanol–water partition coefficient (Wildman–Crippen LogP) is 1.73. The Hall–Kier alpha value is -2.02. The van der Waals surface area contributed by atoms with Gasteiger partial charge in [0.1, 0.15) is 5.82 Å². The molecule has 0 radical (unpaired) electrons. The molecule has 1 atom stereocenters. The number of carboxylic acid groups (broad SMARTS) is 1. The van der Waals surface area contributed by atoms with Gasteiger partial charge in [-0.05, 0) is 37.9 Å². The Balaban J connectivity index is 2.38. The average Bonchev–Trinajstić information content (AvgIpc) is 2.39. The molecule has 0 spiro atoms. The molecular formula is C13H15FN2O4. The number of nitrogens with zero attached hydrogens (tertiary/aromatic N) is 1. The smallest absolute Gasteiger partial charge is 0.311 e. The summed E-state index contributed by atoms with van der Waals surface area (Å²) >= 11 is 0. The van der Waals surface area contributed by atoms with Crippen LogP contribution in [0.4, 0.5) is 10.1 Å². The van der Waals surface area contributed by atoms with Crippen molar-refractivity contribution in [2.24, 2.45) is 5.41 Å². The Morgan fingerprint density at radius 3 is 2.85 bits per heavy atom. The first-order chi connectivity index (χ1) is 9.44. The Labute approximate surface area is 114 Å². The second-order valence-electron chi connectivity index (χ2n) is 5.07. The zero-order valence-electron chi connectivity index (χ0n) is 10.8. The van der Waals surface area contributed by atoms with Gasteiger partial charge in [0, 0.05) is 18.2 Å². The van der Waals surface area contributed by atoms with Gasteiger partial charge in [-0.1, -0.05) is 0 Å². The number of aliphatic carboxylic acids is 1. The number of nitro groups is 1. The molecule has 108 valence electrons. The van der Waals surface area contributed by atoms with Crippen LogP contribution in [0.25, 0.3) is 0 Å². The number of rotatable bonds is 4. The number of carboxylic acids is 1. The Morgan fingerprint density at radius 2 is 2.30 bits per heavy atom. The fraction of sp³-hybridized carbons (Fsp3) is 0.462. The second-order valence-corrected chi connectivity index (χ2v) is 5.07. The van der Waals surface area contributed by atoms with E-state index in [0.717, 1.165) is 24.7 Å². The molecule has 1 aliphatic rings. The van der Waals surface area contributed by atoms with Crippen molar-refractivity contribution in [1.29, 1.82) is 0 Å². The molecule has 2 N–H and O–H groups in total. The lowest BCUT2D eigenvalue weighted by Crippen LogP contribution is -2.47. The van der Waals surface area contributed by atoms with Crippen LogP contribution in [0.1, 0.15) is 18.4 Å². The van der Waals surface area contributed by atoms with Crippen LogP contribution in [0.15, 0.2) is 18.2 Å². The van der Waals surface area contributed by atoms with Gasteiger partial charge < -0.3 is 10.4 Å². The number of nitro benzene ring substituents is 1. The van der Waals surface area contributed by atoms with E-state index in [4.69, 9.17) is 0 Å². The number of benzene rings is 1. The maximum absolute atomic E-state index is 13.3. The SMILES string of the molecule is O=C(O)C1(Cc2cc(F)ccc2[N+](=O)[O-])CCCNC1. The van der Waals surface area contributed by atoms with Gasteiger partial charge in [0.25, 0.3) is 5.69 Å². The molecule has 1 fully saturated rings. The molecule has 1 aliphatic heterocycles. The first kappa shape index (κ1) is 14.4. The van der Waals surface area contributed by atoms with E-state index in [1.54, 1.807) is 0 Å². The van der Waals surface area contributed by atoms with Crippen molar-refractivity contribution in [2.75, 3.05) is 13.1 Å². The van der Waals surface area contributed by atoms with Crippen molar-refractivity contribution >= 4 is 11.7 Å². The van der Waals surface area contributed by atoms with Crippen LogP contribution in [-0.4, -0.2) is 29.1 Å². The fourth-order valence-corrected chi connectivity index (χ4v) is 2.62. The summed E-state index contributed by atoms with van der Waals surface area (Å²) in [7, 11) is 0. The summed E-state index contributed by atoms with van der Waals surface area (Å²) < 4.78 is 13.3. The third-order valence-corrected chi connectivity index (χ3v) is 3.69. The summed E-state index contributed by atoms with van der Waals surface area (Å²) in [5, 5.41) is 23.4. The predicted molar refractivity (Wildman–Crippen MR) is 68.9 cm³/mol. The van der Waals surface area contributed by atoms with Crippen LogP contribution in [-0.2, 0) is 11.2 Å². The number of carbonyl (C=O) groups is 1. The Morgan fingerprint density at radius 1 is 1.55 bits per heavy atom. The highest BCUT2D eigenvalue weighted by Gasteiger charge is 2.41. The van der Waals surface area contributed by atoms with E-state index in [-0.39, 0.29) is 24.2 Å². The third-order valence-electron chi connectivity index (χ3n) is 3.69. The maximum Gasteiger partial charge on any atom is 0.311 e. The fourth-order valence-electron chi connectivity index (χ4n) is 2.62. The van der Waals surface area contributed by atoms with Gasteiger partial charge in [0.15, 0.2) is 0 Å². The zero-order chi connectivity index (χ0) is 14.8. The number of hydrogen-bond acceptors (Lipinski definition) is 4. The molecule has 1 aromatic rings. The van der Waals surface area contributed by atoms with Crippen molar-refractivity contribution in [3.63, 3.8) is 0 Å². The Bertz CT molecular complexity index is 541. The first-order valence-corrected chi connectivity index (χ1v) is 6.31. The van der Waals surface area contributed by atoms with E-state index in [1.165, 1.54) is 0 Å². The highest BCUT2D eigenvalue weighted by molar-refractivity contribution is 5.76. The Kier molecular flexibility index (Phi) is 3.99. The third kappa shape index (κ3) is 2.77. The molecule has 20 heavy (non-hydrogen) atoms. The molecule has 1 unspecified atom stereocenters. The van der Waals surface area contributed by atoms with Crippen LogP contribution < -0.4 is 5.32 Å². The van der Waals surface area contributed by atoms with Crippen molar-refractivity contribution in [2.45, 2.75) is 19.3 Å². The van der Waals surface area contributed by atoms with E-state index in [2.05, 4.69) is 5.32 Å². The summed E-state index contributed by atoms with van der Waals surface area (Å²) in [5.41, 5.74) is -1.23. The molecule has 0 aromatic heterocycles. The average molecular weight is 282 g/mol. The van der Waals surface area contributed by atoms with E-state index < -0.39 is 22.1 Å². The van der Waals surface area contributed by atoms with Gasteiger partial charge in [0.2, 0.25) is 0 Å². The summed E-state index contributed by atoms with van der Waals surface area (Å²) in [6, 6.07) is 3.14. The minimum Gasteiger partial charge on any atom is -0.481 e. The number of piperidine rings is 1. The summed E-state index contributed by atoms with van der Waals surface area (Å²) in [6.07, 6.45) is 1.04. The number of nitrogens with one attached hydrogen (secondary N) is 1. The molecule has 0 aliphatic carbocycles. The van der Waals surface area contributed by atoms with Gasteiger partial charge in [-0.2, -0.15) is 0 Å². The van der Waals surface area contributed by atoms with Crippen molar-refractivity contribution in [1.82, 2.24) is 5.32 Å². The largest absolute Gasteiger partial charge is 0.481 e. The minimum atomic E-state index is -1.11. The molecule has 1 heterocycles. The van der Waals surface area contributed by atoms with E-state index in [0.29, 0.717) is 12.8 Å². The van der Waals surface area contributed by atoms with Crippen molar-refractivity contribution in [3.8, 4) is 0 Å². The van der Waals surface area contributed by atoms with Crippen molar-refractivity contribution in [3.05, 3.63) is 39.7 Å². The van der Waals surface area contributed by atoms with Crippen LogP contribution in [0.2, 0.25) is 0 Å². The van der Waals surface area contributed by atoms with E-state index in [9.17, 15) is 24.4 Å². The lowest BCUT2D eigenvalue weighted by atomic mass is 9.75. The molecule has 0 saturated carbocycles. The standard InChI is InChI=1S/C13H15FN2O4/c14-10-2-3-11(16(19)20)9(6-10)7-13(12(17)18)4-1-5-15-8-13/h2-3,6,15H,1,4-5,7-8H2,(H,17,18). The molecular weight excluding hydrogens is 267 g/mol. The molecule has 2 rings (SSSR count). The van der Waals surface area contributed by atoms with Crippen molar-refractivity contribution < 1.29 is 19.2 Å². The highest BCUT2D eigenvalue weighted by Crippen LogP contribution is 2.34. The van der Waals surface area contributed by atoms with Gasteiger partial charge in [-0.25, -0.2) is 4.39 Å². The van der Waals surface area contributed by atoms with Gasteiger partial charge in [0.05, 0.1) is 10.3 Å². The van der Waals surface area contributed by atoms with Crippen LogP contribution in [0, 0.1) is 21.3 Å². The van der Waals surface area contributed by atoms with E-state index >= 15 is 0 Å². The van der Waals surface area contributed by atoms with Gasteiger partial charge in [-0.15, -0.1) is 0 Å². The lowest BCUT2D eigenvalue weighted by Gasteiger charge is -2.33. The highest BCUT2D eigenvalue weighted by atomic mass is 19.1. The minimum absolute atomic E-state index is 0.0522.